The minimum atomic E-state index is -0.216. The molecule has 4 rings (SSSR count). The minimum absolute atomic E-state index is 0.0757. The van der Waals surface area contributed by atoms with Crippen molar-refractivity contribution in [2.45, 2.75) is 39.0 Å². The molecule has 2 amide bonds. The molecule has 3 aliphatic heterocycles. The molecule has 1 aromatic rings. The van der Waals surface area contributed by atoms with Gasteiger partial charge in [0.15, 0.2) is 0 Å². The number of carbonyl (C=O) groups excluding carboxylic acids is 2. The van der Waals surface area contributed by atoms with Gasteiger partial charge in [-0.1, -0.05) is 6.92 Å². The minimum Gasteiger partial charge on any atom is -0.370 e. The topological polar surface area (TPSA) is 47.1 Å². The van der Waals surface area contributed by atoms with Gasteiger partial charge in [0, 0.05) is 64.0 Å². The Hall–Kier alpha value is -2.15. The first-order valence-electron chi connectivity index (χ1n) is 12.3. The molecule has 0 aliphatic carbocycles. The second-order valence-corrected chi connectivity index (χ2v) is 9.78. The van der Waals surface area contributed by atoms with Crippen LogP contribution in [0.1, 0.15) is 39.0 Å². The van der Waals surface area contributed by atoms with Crippen molar-refractivity contribution in [2.75, 3.05) is 63.8 Å². The number of nitrogens with zero attached hydrogens (tertiary/aromatic N) is 4. The van der Waals surface area contributed by atoms with E-state index in [1.807, 2.05) is 17.0 Å². The molecule has 3 aliphatic rings. The van der Waals surface area contributed by atoms with Gasteiger partial charge < -0.3 is 14.7 Å². The van der Waals surface area contributed by atoms with Crippen LogP contribution in [0.5, 0.6) is 0 Å². The fraction of sp³-hybridized carbons (Fsp3) is 0.680. The van der Waals surface area contributed by atoms with Crippen LogP contribution in [0.15, 0.2) is 24.3 Å². The molecule has 0 spiro atoms. The highest BCUT2D eigenvalue weighted by atomic mass is 19.1. The van der Waals surface area contributed by atoms with Crippen LogP contribution in [0.4, 0.5) is 10.1 Å². The van der Waals surface area contributed by atoms with Crippen molar-refractivity contribution in [1.29, 1.82) is 0 Å². The zero-order chi connectivity index (χ0) is 22.5. The Kier molecular flexibility index (Phi) is 7.66. The molecule has 0 N–H and O–H groups in total. The van der Waals surface area contributed by atoms with E-state index >= 15 is 0 Å². The monoisotopic (exact) mass is 444 g/mol. The number of piperidine rings is 2. The van der Waals surface area contributed by atoms with E-state index in [0.717, 1.165) is 70.6 Å². The van der Waals surface area contributed by atoms with Crippen LogP contribution >= 0.6 is 0 Å². The van der Waals surface area contributed by atoms with Crippen LogP contribution < -0.4 is 4.90 Å². The highest BCUT2D eigenvalue weighted by Gasteiger charge is 2.32. The van der Waals surface area contributed by atoms with Crippen molar-refractivity contribution in [3.05, 3.63) is 30.1 Å². The molecule has 176 valence electrons. The Morgan fingerprint density at radius 2 is 1.62 bits per heavy atom. The molecule has 0 radical (unpaired) electrons. The number of halogens is 1. The molecule has 3 saturated heterocycles. The van der Waals surface area contributed by atoms with Crippen molar-refractivity contribution in [1.82, 2.24) is 14.7 Å². The van der Waals surface area contributed by atoms with Gasteiger partial charge in [0.1, 0.15) is 5.82 Å². The first kappa shape index (κ1) is 23.0. The molecule has 7 heteroatoms. The Morgan fingerprint density at radius 3 is 2.34 bits per heavy atom. The third-order valence-electron chi connectivity index (χ3n) is 7.30. The van der Waals surface area contributed by atoms with E-state index in [0.29, 0.717) is 31.5 Å². The largest absolute Gasteiger partial charge is 0.370 e. The van der Waals surface area contributed by atoms with Gasteiger partial charge in [0.2, 0.25) is 11.8 Å². The maximum absolute atomic E-state index is 13.2. The molecule has 0 saturated carbocycles. The van der Waals surface area contributed by atoms with Gasteiger partial charge in [0.25, 0.3) is 0 Å². The van der Waals surface area contributed by atoms with Crippen LogP contribution in [0, 0.1) is 17.7 Å². The first-order valence-corrected chi connectivity index (χ1v) is 12.3. The molecule has 3 fully saturated rings. The summed E-state index contributed by atoms with van der Waals surface area (Å²) < 4.78 is 13.2. The number of hydrogen-bond acceptors (Lipinski definition) is 4. The molecule has 1 atom stereocenters. The predicted octanol–water partition coefficient (Wildman–Crippen LogP) is 2.83. The number of amides is 2. The quantitative estimate of drug-likeness (QED) is 0.717. The highest BCUT2D eigenvalue weighted by molar-refractivity contribution is 5.81. The fourth-order valence-electron chi connectivity index (χ4n) is 5.35. The second-order valence-electron chi connectivity index (χ2n) is 9.78. The number of carbonyl (C=O) groups is 2. The lowest BCUT2D eigenvalue weighted by atomic mass is 9.92. The molecular weight excluding hydrogens is 407 g/mol. The molecule has 1 unspecified atom stereocenters. The van der Waals surface area contributed by atoms with E-state index in [9.17, 15) is 14.0 Å². The summed E-state index contributed by atoms with van der Waals surface area (Å²) >= 11 is 0. The number of likely N-dealkylation sites (tertiary alicyclic amines) is 2. The highest BCUT2D eigenvalue weighted by Crippen LogP contribution is 2.24. The van der Waals surface area contributed by atoms with Gasteiger partial charge in [-0.3, -0.25) is 14.5 Å². The van der Waals surface area contributed by atoms with Gasteiger partial charge >= 0.3 is 0 Å². The Balaban J connectivity index is 1.22. The Morgan fingerprint density at radius 1 is 0.875 bits per heavy atom. The summed E-state index contributed by atoms with van der Waals surface area (Å²) in [5, 5.41) is 0. The Labute approximate surface area is 191 Å². The second kappa shape index (κ2) is 10.6. The molecule has 1 aromatic carbocycles. The van der Waals surface area contributed by atoms with Crippen molar-refractivity contribution < 1.29 is 14.0 Å². The van der Waals surface area contributed by atoms with Gasteiger partial charge in [-0.05, 0) is 62.3 Å². The summed E-state index contributed by atoms with van der Waals surface area (Å²) in [5.41, 5.74) is 1.04. The van der Waals surface area contributed by atoms with Crippen LogP contribution in [0.3, 0.4) is 0 Å². The smallest absolute Gasteiger partial charge is 0.236 e. The summed E-state index contributed by atoms with van der Waals surface area (Å²) in [7, 11) is 0. The summed E-state index contributed by atoms with van der Waals surface area (Å²) in [6.45, 7) is 9.30. The maximum Gasteiger partial charge on any atom is 0.236 e. The third-order valence-corrected chi connectivity index (χ3v) is 7.30. The first-order chi connectivity index (χ1) is 15.5. The average Bonchev–Trinajstić information content (AvgIpc) is 3.05. The number of rotatable bonds is 4. The Bertz CT molecular complexity index is 779. The number of anilines is 1. The van der Waals surface area contributed by atoms with Crippen LogP contribution in [-0.4, -0.2) is 85.4 Å². The maximum atomic E-state index is 13.2. The van der Waals surface area contributed by atoms with E-state index in [1.54, 1.807) is 0 Å². The SMILES string of the molecule is CC1CCCN(C(=O)C2CCN(C(=O)CN3CCCN(c4ccc(F)cc4)CC3)CC2)C1. The molecule has 3 heterocycles. The van der Waals surface area contributed by atoms with Crippen molar-refractivity contribution in [3.8, 4) is 0 Å². The van der Waals surface area contributed by atoms with Crippen molar-refractivity contribution in [3.63, 3.8) is 0 Å². The van der Waals surface area contributed by atoms with E-state index in [2.05, 4.69) is 21.6 Å². The molecular formula is C25H37FN4O2. The number of benzene rings is 1. The van der Waals surface area contributed by atoms with E-state index in [4.69, 9.17) is 0 Å². The number of hydrogen-bond donors (Lipinski definition) is 0. The summed E-state index contributed by atoms with van der Waals surface area (Å²) in [6, 6.07) is 6.65. The summed E-state index contributed by atoms with van der Waals surface area (Å²) in [5.74, 6) is 0.940. The van der Waals surface area contributed by atoms with Crippen molar-refractivity contribution >= 4 is 17.5 Å². The standard InChI is InChI=1S/C25H37FN4O2/c1-20-4-2-12-30(18-20)25(32)21-9-14-29(15-10-21)24(31)19-27-11-3-13-28(17-16-27)23-7-5-22(26)6-8-23/h5-8,20-21H,2-4,9-19H2,1H3. The zero-order valence-electron chi connectivity index (χ0n) is 19.3. The van der Waals surface area contributed by atoms with Gasteiger partial charge in [-0.15, -0.1) is 0 Å². The van der Waals surface area contributed by atoms with E-state index in [1.165, 1.54) is 18.6 Å². The fourth-order valence-corrected chi connectivity index (χ4v) is 5.35. The lowest BCUT2D eigenvalue weighted by molar-refractivity contribution is -0.142. The predicted molar refractivity (Wildman–Crippen MR) is 124 cm³/mol. The lowest BCUT2D eigenvalue weighted by Crippen LogP contribution is -2.48. The molecule has 0 aromatic heterocycles. The van der Waals surface area contributed by atoms with E-state index < -0.39 is 0 Å². The molecule has 0 bridgehead atoms. The van der Waals surface area contributed by atoms with Crippen LogP contribution in [0.25, 0.3) is 0 Å². The van der Waals surface area contributed by atoms with E-state index in [-0.39, 0.29) is 17.6 Å². The third kappa shape index (κ3) is 5.80. The average molecular weight is 445 g/mol. The zero-order valence-corrected chi connectivity index (χ0v) is 19.3. The molecule has 6 nitrogen and oxygen atoms in total. The normalized spacial score (nSPS) is 23.8. The van der Waals surface area contributed by atoms with Crippen LogP contribution in [0.2, 0.25) is 0 Å². The van der Waals surface area contributed by atoms with Crippen LogP contribution in [-0.2, 0) is 9.59 Å². The molecule has 32 heavy (non-hydrogen) atoms. The van der Waals surface area contributed by atoms with Gasteiger partial charge in [-0.2, -0.15) is 0 Å². The summed E-state index contributed by atoms with van der Waals surface area (Å²) in [6.07, 6.45) is 4.88. The van der Waals surface area contributed by atoms with Crippen molar-refractivity contribution in [2.24, 2.45) is 11.8 Å². The summed E-state index contributed by atoms with van der Waals surface area (Å²) in [4.78, 5) is 34.3. The van der Waals surface area contributed by atoms with Gasteiger partial charge in [0.05, 0.1) is 6.54 Å². The van der Waals surface area contributed by atoms with Gasteiger partial charge in [-0.25, -0.2) is 4.39 Å². The lowest BCUT2D eigenvalue weighted by Gasteiger charge is -2.37.